The summed E-state index contributed by atoms with van der Waals surface area (Å²) in [6, 6.07) is 4.53. The standard InChI is InChI=1S/C10H7ClFN3OS/c1-5-2-3-7(6(12)4-5)13-8(16)9-14-15-10(11)17-9/h2-4H,1H3,(H,13,16). The zero-order chi connectivity index (χ0) is 12.4. The minimum Gasteiger partial charge on any atom is -0.317 e. The van der Waals surface area contributed by atoms with Gasteiger partial charge in [0, 0.05) is 0 Å². The fraction of sp³-hybridized carbons (Fsp3) is 0.100. The second-order valence-corrected chi connectivity index (χ2v) is 4.86. The minimum atomic E-state index is -0.530. The third kappa shape index (κ3) is 2.78. The van der Waals surface area contributed by atoms with Crippen LogP contribution in [0.2, 0.25) is 4.47 Å². The fourth-order valence-corrected chi connectivity index (χ4v) is 1.92. The van der Waals surface area contributed by atoms with E-state index in [1.54, 1.807) is 13.0 Å². The number of halogens is 2. The lowest BCUT2D eigenvalue weighted by Gasteiger charge is -2.04. The number of carbonyl (C=O) groups is 1. The van der Waals surface area contributed by atoms with E-state index in [4.69, 9.17) is 11.6 Å². The highest BCUT2D eigenvalue weighted by atomic mass is 35.5. The first kappa shape index (κ1) is 11.9. The van der Waals surface area contributed by atoms with Gasteiger partial charge < -0.3 is 5.32 Å². The van der Waals surface area contributed by atoms with Crippen LogP contribution in [0.25, 0.3) is 0 Å². The van der Waals surface area contributed by atoms with Crippen LogP contribution < -0.4 is 5.32 Å². The average Bonchev–Trinajstić information content (AvgIpc) is 2.69. The van der Waals surface area contributed by atoms with Gasteiger partial charge in [-0.2, -0.15) is 0 Å². The lowest BCUT2D eigenvalue weighted by Crippen LogP contribution is -2.12. The maximum absolute atomic E-state index is 13.5. The van der Waals surface area contributed by atoms with Crippen molar-refractivity contribution in [3.05, 3.63) is 39.1 Å². The number of rotatable bonds is 2. The first-order valence-corrected chi connectivity index (χ1v) is 5.82. The van der Waals surface area contributed by atoms with Crippen LogP contribution in [0.1, 0.15) is 15.4 Å². The maximum Gasteiger partial charge on any atom is 0.286 e. The molecule has 88 valence electrons. The van der Waals surface area contributed by atoms with Crippen molar-refractivity contribution in [3.63, 3.8) is 0 Å². The Bertz CT molecular complexity index is 572. The van der Waals surface area contributed by atoms with Crippen LogP contribution in [0.15, 0.2) is 18.2 Å². The quantitative estimate of drug-likeness (QED) is 0.914. The van der Waals surface area contributed by atoms with Crippen molar-refractivity contribution < 1.29 is 9.18 Å². The zero-order valence-electron chi connectivity index (χ0n) is 8.70. The molecule has 0 fully saturated rings. The molecule has 0 aliphatic rings. The van der Waals surface area contributed by atoms with Gasteiger partial charge in [0.05, 0.1) is 5.69 Å². The van der Waals surface area contributed by atoms with E-state index in [1.807, 2.05) is 0 Å². The van der Waals surface area contributed by atoms with Gasteiger partial charge in [0.15, 0.2) is 0 Å². The van der Waals surface area contributed by atoms with Crippen molar-refractivity contribution in [2.75, 3.05) is 5.32 Å². The highest BCUT2D eigenvalue weighted by molar-refractivity contribution is 7.17. The Hall–Kier alpha value is -1.53. The summed E-state index contributed by atoms with van der Waals surface area (Å²) < 4.78 is 13.6. The lowest BCUT2D eigenvalue weighted by molar-refractivity contribution is 0.102. The predicted molar refractivity (Wildman–Crippen MR) is 64.0 cm³/mol. The van der Waals surface area contributed by atoms with E-state index in [1.165, 1.54) is 12.1 Å². The third-order valence-corrected chi connectivity index (χ3v) is 2.98. The van der Waals surface area contributed by atoms with Crippen LogP contribution in [0.3, 0.4) is 0 Å². The van der Waals surface area contributed by atoms with Gasteiger partial charge in [0.1, 0.15) is 5.82 Å². The van der Waals surface area contributed by atoms with Gasteiger partial charge in [0.25, 0.3) is 5.91 Å². The molecule has 0 unspecified atom stereocenters. The molecule has 4 nitrogen and oxygen atoms in total. The van der Waals surface area contributed by atoms with Crippen molar-refractivity contribution in [1.82, 2.24) is 10.2 Å². The zero-order valence-corrected chi connectivity index (χ0v) is 10.3. The van der Waals surface area contributed by atoms with E-state index in [-0.39, 0.29) is 15.2 Å². The van der Waals surface area contributed by atoms with Gasteiger partial charge in [-0.15, -0.1) is 10.2 Å². The highest BCUT2D eigenvalue weighted by Gasteiger charge is 2.13. The molecule has 17 heavy (non-hydrogen) atoms. The van der Waals surface area contributed by atoms with Crippen LogP contribution in [-0.4, -0.2) is 16.1 Å². The first-order valence-electron chi connectivity index (χ1n) is 4.63. The Morgan fingerprint density at radius 3 is 2.82 bits per heavy atom. The lowest BCUT2D eigenvalue weighted by atomic mass is 10.2. The largest absolute Gasteiger partial charge is 0.317 e. The molecule has 0 aliphatic carbocycles. The molecule has 2 rings (SSSR count). The Morgan fingerprint density at radius 2 is 2.24 bits per heavy atom. The SMILES string of the molecule is Cc1ccc(NC(=O)c2nnc(Cl)s2)c(F)c1. The van der Waals surface area contributed by atoms with Crippen molar-refractivity contribution in [2.45, 2.75) is 6.92 Å². The Morgan fingerprint density at radius 1 is 1.47 bits per heavy atom. The molecule has 0 saturated heterocycles. The Kier molecular flexibility index (Phi) is 3.35. The second kappa shape index (κ2) is 4.77. The molecule has 1 N–H and O–H groups in total. The number of anilines is 1. The molecule has 0 saturated carbocycles. The average molecular weight is 272 g/mol. The van der Waals surface area contributed by atoms with Crippen LogP contribution in [-0.2, 0) is 0 Å². The van der Waals surface area contributed by atoms with Gasteiger partial charge in [-0.25, -0.2) is 4.39 Å². The van der Waals surface area contributed by atoms with Crippen molar-refractivity contribution in [1.29, 1.82) is 0 Å². The van der Waals surface area contributed by atoms with E-state index in [9.17, 15) is 9.18 Å². The molecule has 0 bridgehead atoms. The minimum absolute atomic E-state index is 0.0926. The molecule has 0 aliphatic heterocycles. The van der Waals surface area contributed by atoms with E-state index in [0.29, 0.717) is 0 Å². The van der Waals surface area contributed by atoms with E-state index < -0.39 is 11.7 Å². The van der Waals surface area contributed by atoms with E-state index in [2.05, 4.69) is 15.5 Å². The number of amides is 1. The smallest absolute Gasteiger partial charge is 0.286 e. The number of benzene rings is 1. The molecule has 1 amide bonds. The normalized spacial score (nSPS) is 10.3. The number of nitrogens with zero attached hydrogens (tertiary/aromatic N) is 2. The van der Waals surface area contributed by atoms with Crippen LogP contribution in [0.5, 0.6) is 0 Å². The molecule has 1 aromatic carbocycles. The van der Waals surface area contributed by atoms with Crippen molar-refractivity contribution in [3.8, 4) is 0 Å². The second-order valence-electron chi connectivity index (χ2n) is 3.30. The fourth-order valence-electron chi connectivity index (χ4n) is 1.19. The number of hydrogen-bond donors (Lipinski definition) is 1. The molecule has 7 heteroatoms. The van der Waals surface area contributed by atoms with Gasteiger partial charge in [-0.05, 0) is 36.2 Å². The van der Waals surface area contributed by atoms with E-state index in [0.717, 1.165) is 16.9 Å². The van der Waals surface area contributed by atoms with Crippen LogP contribution >= 0.6 is 22.9 Å². The summed E-state index contributed by atoms with van der Waals surface area (Å²) >= 11 is 6.48. The van der Waals surface area contributed by atoms with Gasteiger partial charge in [0.2, 0.25) is 9.47 Å². The monoisotopic (exact) mass is 271 g/mol. The number of hydrogen-bond acceptors (Lipinski definition) is 4. The van der Waals surface area contributed by atoms with Gasteiger partial charge in [-0.3, -0.25) is 4.79 Å². The van der Waals surface area contributed by atoms with E-state index >= 15 is 0 Å². The summed E-state index contributed by atoms with van der Waals surface area (Å²) in [4.78, 5) is 11.6. The van der Waals surface area contributed by atoms with Crippen molar-refractivity contribution in [2.24, 2.45) is 0 Å². The topological polar surface area (TPSA) is 54.9 Å². The molecule has 1 heterocycles. The molecule has 2 aromatic rings. The Balaban J connectivity index is 2.18. The molecular weight excluding hydrogens is 265 g/mol. The predicted octanol–water partition coefficient (Wildman–Crippen LogP) is 2.89. The van der Waals surface area contributed by atoms with Crippen LogP contribution in [0.4, 0.5) is 10.1 Å². The van der Waals surface area contributed by atoms with Gasteiger partial charge >= 0.3 is 0 Å². The number of aryl methyl sites for hydroxylation is 1. The molecule has 0 spiro atoms. The van der Waals surface area contributed by atoms with Gasteiger partial charge in [-0.1, -0.05) is 17.4 Å². The first-order chi connectivity index (χ1) is 8.06. The number of carbonyl (C=O) groups excluding carboxylic acids is 1. The summed E-state index contributed by atoms with van der Waals surface area (Å²) in [5.41, 5.74) is 0.881. The van der Waals surface area contributed by atoms with Crippen molar-refractivity contribution >= 4 is 34.5 Å². The summed E-state index contributed by atoms with van der Waals surface area (Å²) in [6.07, 6.45) is 0. The number of aromatic nitrogens is 2. The summed E-state index contributed by atoms with van der Waals surface area (Å²) in [5, 5.41) is 9.55. The summed E-state index contributed by atoms with van der Waals surface area (Å²) in [6.45, 7) is 1.76. The summed E-state index contributed by atoms with van der Waals surface area (Å²) in [5.74, 6) is -1.02. The van der Waals surface area contributed by atoms with Crippen LogP contribution in [0, 0.1) is 12.7 Å². The summed E-state index contributed by atoms with van der Waals surface area (Å²) in [7, 11) is 0. The highest BCUT2D eigenvalue weighted by Crippen LogP contribution is 2.19. The maximum atomic E-state index is 13.5. The Labute approximate surface area is 105 Å². The molecule has 0 radical (unpaired) electrons. The third-order valence-electron chi connectivity index (χ3n) is 1.97. The molecule has 0 atom stereocenters. The number of nitrogens with one attached hydrogen (secondary N) is 1. The molecule has 1 aromatic heterocycles. The molecular formula is C10H7ClFN3OS.